The minimum Gasteiger partial charge on any atom is -0.311 e. The first-order chi connectivity index (χ1) is 13.1. The van der Waals surface area contributed by atoms with Crippen molar-refractivity contribution in [2.75, 3.05) is 11.4 Å². The second kappa shape index (κ2) is 6.19. The minimum absolute atomic E-state index is 0.0860. The van der Waals surface area contributed by atoms with Gasteiger partial charge in [0.15, 0.2) is 5.65 Å². The van der Waals surface area contributed by atoms with Crippen LogP contribution in [0.5, 0.6) is 0 Å². The maximum atomic E-state index is 13.1. The molecule has 1 amide bonds. The summed E-state index contributed by atoms with van der Waals surface area (Å²) in [4.78, 5) is 19.6. The molecule has 0 spiro atoms. The number of amides is 1. The van der Waals surface area contributed by atoms with Gasteiger partial charge in [0.2, 0.25) is 5.91 Å². The molecule has 5 heteroatoms. The van der Waals surface area contributed by atoms with E-state index in [2.05, 4.69) is 41.3 Å². The van der Waals surface area contributed by atoms with Gasteiger partial charge in [0, 0.05) is 23.8 Å². The Bertz CT molecular complexity index is 1050. The molecule has 3 heterocycles. The van der Waals surface area contributed by atoms with E-state index in [4.69, 9.17) is 0 Å². The molecule has 0 N–H and O–H groups in total. The van der Waals surface area contributed by atoms with E-state index in [0.717, 1.165) is 41.8 Å². The van der Waals surface area contributed by atoms with Crippen LogP contribution >= 0.6 is 0 Å². The highest BCUT2D eigenvalue weighted by Gasteiger charge is 2.28. The zero-order valence-electron chi connectivity index (χ0n) is 15.9. The summed E-state index contributed by atoms with van der Waals surface area (Å²) in [6.07, 6.45) is 6.39. The van der Waals surface area contributed by atoms with Gasteiger partial charge >= 0.3 is 0 Å². The number of hydrogen-bond acceptors (Lipinski definition) is 3. The molecule has 27 heavy (non-hydrogen) atoms. The summed E-state index contributed by atoms with van der Waals surface area (Å²) in [6, 6.07) is 8.48. The predicted octanol–water partition coefficient (Wildman–Crippen LogP) is 3.90. The number of benzene rings is 1. The first-order valence-electron chi connectivity index (χ1n) is 9.84. The largest absolute Gasteiger partial charge is 0.311 e. The molecule has 2 aliphatic rings. The van der Waals surface area contributed by atoms with E-state index in [9.17, 15) is 4.79 Å². The third-order valence-electron chi connectivity index (χ3n) is 5.80. The van der Waals surface area contributed by atoms with Crippen LogP contribution in [0.15, 0.2) is 30.5 Å². The van der Waals surface area contributed by atoms with Crippen molar-refractivity contribution in [3.05, 3.63) is 52.8 Å². The number of aryl methyl sites for hydroxylation is 3. The standard InChI is InChI=1S/C22H24N4O/c1-14-5-8-19-17(12-14)4-3-11-25(19)20(27)13-26-22-21(15(2)24-26)18(9-10-23-22)16-6-7-16/h5,8-10,12,16H,3-4,6-7,11,13H2,1-2H3. The van der Waals surface area contributed by atoms with Crippen LogP contribution in [0.1, 0.15) is 47.6 Å². The summed E-state index contributed by atoms with van der Waals surface area (Å²) in [7, 11) is 0. The third kappa shape index (κ3) is 2.82. The molecule has 2 aromatic heterocycles. The number of anilines is 1. The Morgan fingerprint density at radius 3 is 2.89 bits per heavy atom. The van der Waals surface area contributed by atoms with Crippen molar-refractivity contribution >= 4 is 22.6 Å². The zero-order valence-corrected chi connectivity index (χ0v) is 15.9. The van der Waals surface area contributed by atoms with Crippen LogP contribution in [-0.2, 0) is 17.8 Å². The van der Waals surface area contributed by atoms with E-state index in [1.807, 2.05) is 18.0 Å². The fourth-order valence-corrected chi connectivity index (χ4v) is 4.35. The maximum absolute atomic E-state index is 13.1. The Hall–Kier alpha value is -2.69. The van der Waals surface area contributed by atoms with Gasteiger partial charge in [-0.25, -0.2) is 9.67 Å². The van der Waals surface area contributed by atoms with Gasteiger partial charge in [-0.15, -0.1) is 0 Å². The molecule has 1 aliphatic carbocycles. The molecule has 5 rings (SSSR count). The van der Waals surface area contributed by atoms with Crippen LogP contribution in [0.2, 0.25) is 0 Å². The molecule has 0 unspecified atom stereocenters. The Kier molecular flexibility index (Phi) is 3.78. The monoisotopic (exact) mass is 360 g/mol. The van der Waals surface area contributed by atoms with Crippen molar-refractivity contribution in [2.24, 2.45) is 0 Å². The van der Waals surface area contributed by atoms with E-state index < -0.39 is 0 Å². The Labute approximate surface area is 159 Å². The van der Waals surface area contributed by atoms with Crippen LogP contribution in [0.25, 0.3) is 11.0 Å². The Balaban J connectivity index is 1.48. The SMILES string of the molecule is Cc1ccc2c(c1)CCCN2C(=O)Cn1nc(C)c2c(C3CC3)ccnc21. The van der Waals surface area contributed by atoms with E-state index >= 15 is 0 Å². The molecule has 0 radical (unpaired) electrons. The fourth-order valence-electron chi connectivity index (χ4n) is 4.35. The second-order valence-electron chi connectivity index (χ2n) is 7.90. The van der Waals surface area contributed by atoms with E-state index in [1.54, 1.807) is 4.68 Å². The topological polar surface area (TPSA) is 51.0 Å². The van der Waals surface area contributed by atoms with Crippen molar-refractivity contribution < 1.29 is 4.79 Å². The van der Waals surface area contributed by atoms with E-state index in [0.29, 0.717) is 5.92 Å². The van der Waals surface area contributed by atoms with Gasteiger partial charge in [0.25, 0.3) is 0 Å². The van der Waals surface area contributed by atoms with Gasteiger partial charge in [-0.3, -0.25) is 4.79 Å². The summed E-state index contributed by atoms with van der Waals surface area (Å²) in [5.41, 5.74) is 6.72. The number of aromatic nitrogens is 3. The summed E-state index contributed by atoms with van der Waals surface area (Å²) in [5, 5.41) is 5.81. The average molecular weight is 360 g/mol. The lowest BCUT2D eigenvalue weighted by molar-refractivity contribution is -0.119. The number of rotatable bonds is 3. The summed E-state index contributed by atoms with van der Waals surface area (Å²) in [6.45, 7) is 5.13. The molecule has 1 saturated carbocycles. The highest BCUT2D eigenvalue weighted by molar-refractivity contribution is 5.95. The first-order valence-corrected chi connectivity index (χ1v) is 9.84. The molecule has 0 atom stereocenters. The molecule has 138 valence electrons. The molecular formula is C22H24N4O. The molecule has 0 bridgehead atoms. The third-order valence-corrected chi connectivity index (χ3v) is 5.80. The lowest BCUT2D eigenvalue weighted by Crippen LogP contribution is -2.38. The summed E-state index contributed by atoms with van der Waals surface area (Å²) >= 11 is 0. The normalized spacial score (nSPS) is 16.6. The Morgan fingerprint density at radius 1 is 1.22 bits per heavy atom. The number of pyridine rings is 1. The van der Waals surface area contributed by atoms with Crippen LogP contribution in [0.3, 0.4) is 0 Å². The zero-order chi connectivity index (χ0) is 18.5. The first kappa shape index (κ1) is 16.5. The molecular weight excluding hydrogens is 336 g/mol. The highest BCUT2D eigenvalue weighted by atomic mass is 16.2. The van der Waals surface area contributed by atoms with Crippen LogP contribution in [0.4, 0.5) is 5.69 Å². The Morgan fingerprint density at radius 2 is 2.07 bits per heavy atom. The minimum atomic E-state index is 0.0860. The van der Waals surface area contributed by atoms with Gasteiger partial charge in [0.1, 0.15) is 6.54 Å². The average Bonchev–Trinajstić information content (AvgIpc) is 3.46. The lowest BCUT2D eigenvalue weighted by atomic mass is 9.99. The molecule has 3 aromatic rings. The molecule has 1 aromatic carbocycles. The van der Waals surface area contributed by atoms with Crippen LogP contribution in [-0.4, -0.2) is 27.2 Å². The van der Waals surface area contributed by atoms with Crippen molar-refractivity contribution in [3.63, 3.8) is 0 Å². The van der Waals surface area contributed by atoms with Crippen molar-refractivity contribution in [3.8, 4) is 0 Å². The quantitative estimate of drug-likeness (QED) is 0.712. The van der Waals surface area contributed by atoms with Crippen molar-refractivity contribution in [1.29, 1.82) is 0 Å². The highest BCUT2D eigenvalue weighted by Crippen LogP contribution is 2.43. The van der Waals surface area contributed by atoms with Crippen molar-refractivity contribution in [1.82, 2.24) is 14.8 Å². The fraction of sp³-hybridized carbons (Fsp3) is 0.409. The molecule has 5 nitrogen and oxygen atoms in total. The summed E-state index contributed by atoms with van der Waals surface area (Å²) < 4.78 is 1.79. The molecule has 1 fully saturated rings. The van der Waals surface area contributed by atoms with E-state index in [1.165, 1.54) is 29.5 Å². The number of fused-ring (bicyclic) bond motifs is 2. The number of nitrogens with zero attached hydrogens (tertiary/aromatic N) is 4. The van der Waals surface area contributed by atoms with E-state index in [-0.39, 0.29) is 12.5 Å². The number of carbonyl (C=O) groups is 1. The molecule has 1 aliphatic heterocycles. The number of carbonyl (C=O) groups excluding carboxylic acids is 1. The van der Waals surface area contributed by atoms with Crippen molar-refractivity contribution in [2.45, 2.75) is 52.0 Å². The van der Waals surface area contributed by atoms with Gasteiger partial charge in [-0.05, 0) is 68.7 Å². The number of hydrogen-bond donors (Lipinski definition) is 0. The predicted molar refractivity (Wildman–Crippen MR) is 106 cm³/mol. The van der Waals surface area contributed by atoms with Crippen LogP contribution < -0.4 is 4.90 Å². The van der Waals surface area contributed by atoms with Gasteiger partial charge in [0.05, 0.1) is 5.69 Å². The van der Waals surface area contributed by atoms with Gasteiger partial charge in [-0.1, -0.05) is 17.7 Å². The molecule has 0 saturated heterocycles. The smallest absolute Gasteiger partial charge is 0.248 e. The van der Waals surface area contributed by atoms with Crippen LogP contribution in [0, 0.1) is 13.8 Å². The maximum Gasteiger partial charge on any atom is 0.248 e. The van der Waals surface area contributed by atoms with Gasteiger partial charge in [-0.2, -0.15) is 5.10 Å². The van der Waals surface area contributed by atoms with Gasteiger partial charge < -0.3 is 4.90 Å². The lowest BCUT2D eigenvalue weighted by Gasteiger charge is -2.29. The second-order valence-corrected chi connectivity index (χ2v) is 7.90. The summed E-state index contributed by atoms with van der Waals surface area (Å²) in [5.74, 6) is 0.725.